The molecule has 8 nitrogen and oxygen atoms in total. The molecule has 2 fully saturated rings. The van der Waals surface area contributed by atoms with Crippen molar-refractivity contribution in [2.75, 3.05) is 37.4 Å². The maximum absolute atomic E-state index is 16.5. The van der Waals surface area contributed by atoms with Crippen molar-refractivity contribution in [2.24, 2.45) is 0 Å². The molecule has 4 atom stereocenters. The number of alkyl halides is 4. The van der Waals surface area contributed by atoms with Crippen molar-refractivity contribution in [3.05, 3.63) is 28.5 Å². The van der Waals surface area contributed by atoms with Crippen LogP contribution in [0.3, 0.4) is 0 Å². The summed E-state index contributed by atoms with van der Waals surface area (Å²) in [5.41, 5.74) is 2.28. The minimum atomic E-state index is -4.94. The van der Waals surface area contributed by atoms with Crippen LogP contribution < -0.4 is 20.1 Å². The normalized spacial score (nSPS) is 26.2. The molecule has 42 heavy (non-hydrogen) atoms. The number of nitrogens with two attached hydrogens (primary N) is 1. The zero-order valence-corrected chi connectivity index (χ0v) is 24.0. The van der Waals surface area contributed by atoms with Gasteiger partial charge in [-0.3, -0.25) is 4.90 Å². The molecule has 3 aromatic rings. The van der Waals surface area contributed by atoms with Crippen molar-refractivity contribution in [3.8, 4) is 23.1 Å². The predicted octanol–water partition coefficient (Wildman–Crippen LogP) is 6.04. The average Bonchev–Trinajstić information content (AvgIpc) is 3.41. The number of nitrogens with zero attached hydrogens (tertiary/aromatic N) is 5. The second-order valence-electron chi connectivity index (χ2n) is 11.5. The molecule has 2 aromatic heterocycles. The fourth-order valence-electron chi connectivity index (χ4n) is 6.52. The number of hydrogen-bond acceptors (Lipinski definition) is 8. The molecule has 0 spiro atoms. The van der Waals surface area contributed by atoms with Gasteiger partial charge in [0.1, 0.15) is 35.2 Å². The number of benzene rings is 1. The van der Waals surface area contributed by atoms with Crippen molar-refractivity contribution < 1.29 is 31.4 Å². The molecule has 0 amide bonds. The van der Waals surface area contributed by atoms with E-state index in [1.54, 1.807) is 14.0 Å². The lowest BCUT2D eigenvalue weighted by Crippen LogP contribution is -2.43. The summed E-state index contributed by atoms with van der Waals surface area (Å²) < 4.78 is 85.4. The summed E-state index contributed by atoms with van der Waals surface area (Å²) in [4.78, 5) is 17.0. The number of ether oxygens (including phenoxy) is 2. The summed E-state index contributed by atoms with van der Waals surface area (Å²) in [5, 5.41) is -0.599. The molecule has 0 unspecified atom stereocenters. The highest BCUT2D eigenvalue weighted by Crippen LogP contribution is 2.46. The van der Waals surface area contributed by atoms with E-state index in [-0.39, 0.29) is 46.9 Å². The summed E-state index contributed by atoms with van der Waals surface area (Å²) in [6.07, 6.45) is -3.89. The topological polar surface area (TPSA) is 89.6 Å². The van der Waals surface area contributed by atoms with Crippen LogP contribution in [0.4, 0.5) is 33.5 Å². The SMILES string of the molecule is C[C@@H]1C[C@@H](C)N(C)c2nc(OC[C@@]34CCCN3C[C@H](F)C4)nc3c(F)c(-c4cc(N)cc(Cl)c4C(F)(F)F)nc(c23)O1. The molecule has 2 saturated heterocycles. The van der Waals surface area contributed by atoms with Gasteiger partial charge < -0.3 is 20.1 Å². The van der Waals surface area contributed by atoms with E-state index in [1.807, 2.05) is 11.8 Å². The summed E-state index contributed by atoms with van der Waals surface area (Å²) in [6, 6.07) is 1.62. The number of aromatic nitrogens is 3. The number of fused-ring (bicyclic) bond motifs is 1. The van der Waals surface area contributed by atoms with Crippen molar-refractivity contribution >= 4 is 34.0 Å². The van der Waals surface area contributed by atoms with Gasteiger partial charge in [0.2, 0.25) is 5.88 Å². The molecule has 14 heteroatoms. The molecule has 1 aromatic carbocycles. The first-order valence-corrected chi connectivity index (χ1v) is 14.1. The zero-order chi connectivity index (χ0) is 30.1. The van der Waals surface area contributed by atoms with Crippen LogP contribution in [0.2, 0.25) is 5.02 Å². The van der Waals surface area contributed by atoms with Gasteiger partial charge in [-0.05, 0) is 45.4 Å². The Morgan fingerprint density at radius 1 is 1.21 bits per heavy atom. The van der Waals surface area contributed by atoms with Gasteiger partial charge in [-0.25, -0.2) is 13.8 Å². The van der Waals surface area contributed by atoms with Crippen LogP contribution in [-0.2, 0) is 6.18 Å². The Balaban J connectivity index is 1.56. The van der Waals surface area contributed by atoms with E-state index in [2.05, 4.69) is 19.9 Å². The third-order valence-corrected chi connectivity index (χ3v) is 8.87. The standard InChI is InChI=1S/C28H30ClF5N6O2/c1-13-7-14(2)42-25-19-23(21(31)22(36-25)17-8-16(35)9-18(29)20(17)28(32,33)34)37-26(38-24(19)39(13)3)41-12-27-5-4-6-40(27)11-15(30)10-27/h8-9,13-15H,4-7,10-12,35H2,1-3H3/t13-,14-,15-,27+/m1/s1. The number of pyridine rings is 1. The average molecular weight is 613 g/mol. The van der Waals surface area contributed by atoms with E-state index in [1.165, 1.54) is 0 Å². The van der Waals surface area contributed by atoms with Crippen LogP contribution in [0, 0.1) is 5.82 Å². The second-order valence-corrected chi connectivity index (χ2v) is 12.0. The Labute approximate surface area is 244 Å². The van der Waals surface area contributed by atoms with Crippen molar-refractivity contribution in [3.63, 3.8) is 0 Å². The van der Waals surface area contributed by atoms with Crippen LogP contribution in [0.5, 0.6) is 11.9 Å². The third kappa shape index (κ3) is 4.83. The fourth-order valence-corrected chi connectivity index (χ4v) is 6.86. The molecular formula is C28H30ClF5N6O2. The summed E-state index contributed by atoms with van der Waals surface area (Å²) in [7, 11) is 1.77. The van der Waals surface area contributed by atoms with Crippen molar-refractivity contribution in [1.29, 1.82) is 0 Å². The van der Waals surface area contributed by atoms with Gasteiger partial charge in [-0.2, -0.15) is 23.1 Å². The van der Waals surface area contributed by atoms with E-state index in [9.17, 15) is 17.6 Å². The summed E-state index contributed by atoms with van der Waals surface area (Å²) >= 11 is 5.97. The molecule has 6 rings (SSSR count). The molecule has 5 heterocycles. The van der Waals surface area contributed by atoms with Gasteiger partial charge in [0.15, 0.2) is 5.82 Å². The van der Waals surface area contributed by atoms with Crippen LogP contribution in [0.15, 0.2) is 12.1 Å². The van der Waals surface area contributed by atoms with Gasteiger partial charge >= 0.3 is 12.2 Å². The molecule has 3 aliphatic heterocycles. The lowest BCUT2D eigenvalue weighted by molar-refractivity contribution is -0.137. The Hall–Kier alpha value is -3.19. The van der Waals surface area contributed by atoms with E-state index in [4.69, 9.17) is 26.8 Å². The highest BCUT2D eigenvalue weighted by Gasteiger charge is 2.49. The first-order chi connectivity index (χ1) is 19.8. The fraction of sp³-hybridized carbons (Fsp3) is 0.536. The lowest BCUT2D eigenvalue weighted by Gasteiger charge is -2.33. The second kappa shape index (κ2) is 10.2. The monoisotopic (exact) mass is 612 g/mol. The van der Waals surface area contributed by atoms with Gasteiger partial charge in [0.25, 0.3) is 0 Å². The van der Waals surface area contributed by atoms with E-state index in [0.717, 1.165) is 31.5 Å². The maximum atomic E-state index is 16.5. The minimum Gasteiger partial charge on any atom is -0.474 e. The zero-order valence-electron chi connectivity index (χ0n) is 23.2. The maximum Gasteiger partial charge on any atom is 0.418 e. The van der Waals surface area contributed by atoms with E-state index in [0.29, 0.717) is 19.4 Å². The van der Waals surface area contributed by atoms with Crippen LogP contribution in [0.1, 0.15) is 45.1 Å². The van der Waals surface area contributed by atoms with Gasteiger partial charge in [0.05, 0.1) is 22.2 Å². The van der Waals surface area contributed by atoms with Gasteiger partial charge in [0, 0.05) is 43.7 Å². The highest BCUT2D eigenvalue weighted by atomic mass is 35.5. The lowest BCUT2D eigenvalue weighted by atomic mass is 9.95. The highest BCUT2D eigenvalue weighted by molar-refractivity contribution is 6.32. The molecule has 3 aliphatic rings. The quantitative estimate of drug-likeness (QED) is 0.282. The van der Waals surface area contributed by atoms with Crippen molar-refractivity contribution in [2.45, 2.75) is 69.6 Å². The number of rotatable bonds is 4. The van der Waals surface area contributed by atoms with E-state index < -0.39 is 51.7 Å². The molecule has 226 valence electrons. The Morgan fingerprint density at radius 3 is 2.71 bits per heavy atom. The summed E-state index contributed by atoms with van der Waals surface area (Å²) in [6.45, 7) is 4.88. The third-order valence-electron chi connectivity index (χ3n) is 8.58. The smallest absolute Gasteiger partial charge is 0.418 e. The molecule has 0 bridgehead atoms. The van der Waals surface area contributed by atoms with Crippen LogP contribution in [0.25, 0.3) is 22.2 Å². The molecule has 0 radical (unpaired) electrons. The van der Waals surface area contributed by atoms with Crippen LogP contribution in [-0.4, -0.2) is 70.5 Å². The van der Waals surface area contributed by atoms with Gasteiger partial charge in [-0.15, -0.1) is 0 Å². The first kappa shape index (κ1) is 28.9. The van der Waals surface area contributed by atoms with Crippen molar-refractivity contribution in [1.82, 2.24) is 19.9 Å². The Kier molecular flexibility index (Phi) is 7.03. The minimum absolute atomic E-state index is 0.0840. The van der Waals surface area contributed by atoms with Crippen LogP contribution >= 0.6 is 11.6 Å². The molecule has 2 N–H and O–H groups in total. The molecule has 0 saturated carbocycles. The number of hydrogen-bond donors (Lipinski definition) is 1. The number of nitrogen functional groups attached to an aromatic ring is 1. The number of anilines is 2. The molecular weight excluding hydrogens is 583 g/mol. The number of halogens is 6. The van der Waals surface area contributed by atoms with E-state index >= 15 is 4.39 Å². The Morgan fingerprint density at radius 2 is 1.98 bits per heavy atom. The predicted molar refractivity (Wildman–Crippen MR) is 148 cm³/mol. The van der Waals surface area contributed by atoms with Gasteiger partial charge in [-0.1, -0.05) is 11.6 Å². The molecule has 0 aliphatic carbocycles. The summed E-state index contributed by atoms with van der Waals surface area (Å²) in [5.74, 6) is -1.02. The Bertz CT molecular complexity index is 1560. The first-order valence-electron chi connectivity index (χ1n) is 13.8. The largest absolute Gasteiger partial charge is 0.474 e.